The molecule has 7 nitrogen and oxygen atoms in total. The van der Waals surface area contributed by atoms with Gasteiger partial charge in [-0.3, -0.25) is 13.9 Å². The molecule has 2 amide bonds. The molecule has 10 heteroatoms. The SMILES string of the molecule is CC[C@H](C)NC(=O)[C@@H](C)N(Cc1c(Cl)cccc1Cl)C(=O)CCCN(c1ccc(C)cc1)S(C)(=O)=O. The zero-order valence-corrected chi connectivity index (χ0v) is 23.8. The highest BCUT2D eigenvalue weighted by Gasteiger charge is 2.28. The van der Waals surface area contributed by atoms with Gasteiger partial charge in [0.2, 0.25) is 21.8 Å². The van der Waals surface area contributed by atoms with Gasteiger partial charge in [0.25, 0.3) is 0 Å². The summed E-state index contributed by atoms with van der Waals surface area (Å²) in [5, 5.41) is 3.71. The Morgan fingerprint density at radius 3 is 2.14 bits per heavy atom. The van der Waals surface area contributed by atoms with E-state index in [4.69, 9.17) is 23.2 Å². The van der Waals surface area contributed by atoms with Gasteiger partial charge in [0.15, 0.2) is 0 Å². The lowest BCUT2D eigenvalue weighted by Crippen LogP contribution is -2.49. The number of anilines is 1. The van der Waals surface area contributed by atoms with Crippen molar-refractivity contribution in [1.82, 2.24) is 10.2 Å². The van der Waals surface area contributed by atoms with Crippen LogP contribution in [0.4, 0.5) is 5.69 Å². The van der Waals surface area contributed by atoms with Gasteiger partial charge in [-0.1, -0.05) is 53.9 Å². The summed E-state index contributed by atoms with van der Waals surface area (Å²) in [7, 11) is -3.55. The molecule has 0 spiro atoms. The van der Waals surface area contributed by atoms with E-state index in [2.05, 4.69) is 5.32 Å². The number of sulfonamides is 1. The Morgan fingerprint density at radius 1 is 1.03 bits per heavy atom. The van der Waals surface area contributed by atoms with Gasteiger partial charge in [0.1, 0.15) is 6.04 Å². The van der Waals surface area contributed by atoms with Gasteiger partial charge in [-0.15, -0.1) is 0 Å². The van der Waals surface area contributed by atoms with Crippen LogP contribution in [0.25, 0.3) is 0 Å². The number of nitrogens with one attached hydrogen (secondary N) is 1. The van der Waals surface area contributed by atoms with E-state index >= 15 is 0 Å². The van der Waals surface area contributed by atoms with E-state index in [0.29, 0.717) is 21.3 Å². The second-order valence-electron chi connectivity index (χ2n) is 8.99. The molecule has 198 valence electrons. The van der Waals surface area contributed by atoms with Crippen LogP contribution in [0.2, 0.25) is 10.0 Å². The van der Waals surface area contributed by atoms with E-state index in [0.717, 1.165) is 18.2 Å². The molecule has 0 unspecified atom stereocenters. The lowest BCUT2D eigenvalue weighted by molar-refractivity contribution is -0.140. The maximum atomic E-state index is 13.4. The van der Waals surface area contributed by atoms with E-state index < -0.39 is 16.1 Å². The van der Waals surface area contributed by atoms with Crippen LogP contribution in [0, 0.1) is 6.92 Å². The molecule has 2 aromatic carbocycles. The predicted molar refractivity (Wildman–Crippen MR) is 147 cm³/mol. The molecule has 2 rings (SSSR count). The quantitative estimate of drug-likeness (QED) is 0.391. The van der Waals surface area contributed by atoms with Crippen molar-refractivity contribution in [1.29, 1.82) is 0 Å². The first-order valence-corrected chi connectivity index (χ1v) is 14.5. The van der Waals surface area contributed by atoms with Gasteiger partial charge in [-0.2, -0.15) is 0 Å². The molecular formula is C26H35Cl2N3O4S. The van der Waals surface area contributed by atoms with Gasteiger partial charge in [-0.05, 0) is 57.9 Å². The van der Waals surface area contributed by atoms with E-state index in [1.165, 1.54) is 9.21 Å². The van der Waals surface area contributed by atoms with Crippen LogP contribution in [0.1, 0.15) is 51.2 Å². The summed E-state index contributed by atoms with van der Waals surface area (Å²) in [6.07, 6.45) is 2.21. The maximum absolute atomic E-state index is 13.4. The normalized spacial score (nSPS) is 13.1. The third kappa shape index (κ3) is 8.39. The van der Waals surface area contributed by atoms with Crippen molar-refractivity contribution in [2.24, 2.45) is 0 Å². The molecule has 0 aliphatic rings. The van der Waals surface area contributed by atoms with Crippen LogP contribution in [0.3, 0.4) is 0 Å². The van der Waals surface area contributed by atoms with Gasteiger partial charge < -0.3 is 10.2 Å². The number of halogens is 2. The molecule has 0 aliphatic heterocycles. The van der Waals surface area contributed by atoms with Crippen LogP contribution in [-0.2, 0) is 26.2 Å². The summed E-state index contributed by atoms with van der Waals surface area (Å²) >= 11 is 12.7. The minimum absolute atomic E-state index is 0.0426. The number of aryl methyl sites for hydroxylation is 1. The van der Waals surface area contributed by atoms with Crippen molar-refractivity contribution in [3.8, 4) is 0 Å². The number of amides is 2. The second kappa shape index (κ2) is 13.3. The van der Waals surface area contributed by atoms with Crippen molar-refractivity contribution in [3.05, 3.63) is 63.6 Å². The summed E-state index contributed by atoms with van der Waals surface area (Å²) in [5.41, 5.74) is 2.10. The number of carbonyl (C=O) groups excluding carboxylic acids is 2. The fourth-order valence-electron chi connectivity index (χ4n) is 3.62. The van der Waals surface area contributed by atoms with Crippen LogP contribution >= 0.6 is 23.2 Å². The van der Waals surface area contributed by atoms with Crippen LogP contribution in [-0.4, -0.2) is 50.0 Å². The summed E-state index contributed by atoms with van der Waals surface area (Å²) in [6.45, 7) is 7.62. The van der Waals surface area contributed by atoms with Crippen LogP contribution < -0.4 is 9.62 Å². The number of hydrogen-bond donors (Lipinski definition) is 1. The van der Waals surface area contributed by atoms with E-state index in [-0.39, 0.29) is 43.8 Å². The summed E-state index contributed by atoms with van der Waals surface area (Å²) in [6, 6.07) is 11.4. The minimum Gasteiger partial charge on any atom is -0.352 e. The smallest absolute Gasteiger partial charge is 0.242 e. The summed E-state index contributed by atoms with van der Waals surface area (Å²) < 4.78 is 26.1. The number of benzene rings is 2. The fraction of sp³-hybridized carbons (Fsp3) is 0.462. The average molecular weight is 557 g/mol. The van der Waals surface area contributed by atoms with Crippen molar-refractivity contribution in [3.63, 3.8) is 0 Å². The monoisotopic (exact) mass is 555 g/mol. The molecule has 1 N–H and O–H groups in total. The molecule has 0 heterocycles. The van der Waals surface area contributed by atoms with E-state index in [1.807, 2.05) is 32.9 Å². The standard InChI is InChI=1S/C26H35Cl2N3O4S/c1-6-19(3)29-26(33)20(4)30(17-22-23(27)9-7-10-24(22)28)25(32)11-8-16-31(36(5,34)35)21-14-12-18(2)13-15-21/h7,9-10,12-15,19-20H,6,8,11,16-17H2,1-5H3,(H,29,33)/t19-,20+/m0/s1. The Bertz CT molecular complexity index is 1140. The van der Waals surface area contributed by atoms with Crippen molar-refractivity contribution < 1.29 is 18.0 Å². The Balaban J connectivity index is 2.22. The van der Waals surface area contributed by atoms with E-state index in [9.17, 15) is 18.0 Å². The van der Waals surface area contributed by atoms with E-state index in [1.54, 1.807) is 37.3 Å². The number of hydrogen-bond acceptors (Lipinski definition) is 4. The number of rotatable bonds is 12. The first kappa shape index (κ1) is 29.9. The first-order valence-electron chi connectivity index (χ1n) is 11.9. The third-order valence-corrected chi connectivity index (χ3v) is 7.93. The van der Waals surface area contributed by atoms with Crippen LogP contribution in [0.5, 0.6) is 0 Å². The highest BCUT2D eigenvalue weighted by Crippen LogP contribution is 2.27. The molecule has 0 aliphatic carbocycles. The zero-order chi connectivity index (χ0) is 27.0. The van der Waals surface area contributed by atoms with Crippen molar-refractivity contribution >= 4 is 50.7 Å². The highest BCUT2D eigenvalue weighted by molar-refractivity contribution is 7.92. The Hall–Kier alpha value is -2.29. The molecule has 2 atom stereocenters. The molecule has 0 saturated carbocycles. The highest BCUT2D eigenvalue weighted by atomic mass is 35.5. The first-order chi connectivity index (χ1) is 16.8. The summed E-state index contributed by atoms with van der Waals surface area (Å²) in [4.78, 5) is 27.7. The molecule has 36 heavy (non-hydrogen) atoms. The minimum atomic E-state index is -3.55. The number of carbonyl (C=O) groups is 2. The number of nitrogens with zero attached hydrogens (tertiary/aromatic N) is 2. The van der Waals surface area contributed by atoms with Gasteiger partial charge >= 0.3 is 0 Å². The molecule has 0 aromatic heterocycles. The molecule has 0 bridgehead atoms. The predicted octanol–water partition coefficient (Wildman–Crippen LogP) is 5.18. The molecule has 0 saturated heterocycles. The van der Waals surface area contributed by atoms with Crippen LogP contribution in [0.15, 0.2) is 42.5 Å². The lowest BCUT2D eigenvalue weighted by atomic mass is 10.1. The molecular weight excluding hydrogens is 521 g/mol. The average Bonchev–Trinajstić information content (AvgIpc) is 2.81. The molecule has 0 fully saturated rings. The summed E-state index contributed by atoms with van der Waals surface area (Å²) in [5.74, 6) is -0.576. The van der Waals surface area contributed by atoms with Crippen molar-refractivity contribution in [2.45, 2.75) is 65.6 Å². The Labute approximate surface area is 224 Å². The van der Waals surface area contributed by atoms with Gasteiger partial charge in [0, 0.05) is 41.2 Å². The van der Waals surface area contributed by atoms with Gasteiger partial charge in [-0.25, -0.2) is 8.42 Å². The molecule has 2 aromatic rings. The molecule has 0 radical (unpaired) electrons. The largest absolute Gasteiger partial charge is 0.352 e. The van der Waals surface area contributed by atoms with Crippen molar-refractivity contribution in [2.75, 3.05) is 17.1 Å². The zero-order valence-electron chi connectivity index (χ0n) is 21.4. The maximum Gasteiger partial charge on any atom is 0.242 e. The third-order valence-electron chi connectivity index (χ3n) is 6.03. The second-order valence-corrected chi connectivity index (χ2v) is 11.7. The fourth-order valence-corrected chi connectivity index (χ4v) is 5.10. The topological polar surface area (TPSA) is 86.8 Å². The Morgan fingerprint density at radius 2 is 1.61 bits per heavy atom. The Kier molecular flexibility index (Phi) is 11.1. The van der Waals surface area contributed by atoms with Gasteiger partial charge in [0.05, 0.1) is 11.9 Å². The lowest BCUT2D eigenvalue weighted by Gasteiger charge is -2.30.